The first-order valence-electron chi connectivity index (χ1n) is 5.53. The van der Waals surface area contributed by atoms with E-state index in [0.717, 1.165) is 13.2 Å². The molecule has 0 unspecified atom stereocenters. The Morgan fingerprint density at radius 2 is 1.20 bits per heavy atom. The normalized spacial score (nSPS) is 14.4. The lowest BCUT2D eigenvalue weighted by molar-refractivity contribution is -0.123. The number of rotatable bonds is 6. The highest BCUT2D eigenvalue weighted by Crippen LogP contribution is 1.93. The van der Waals surface area contributed by atoms with Crippen molar-refractivity contribution < 1.29 is 19.7 Å². The van der Waals surface area contributed by atoms with Gasteiger partial charge in [0, 0.05) is 13.2 Å². The zero-order chi connectivity index (χ0) is 12.3. The summed E-state index contributed by atoms with van der Waals surface area (Å²) in [7, 11) is 0. The van der Waals surface area contributed by atoms with Crippen molar-refractivity contribution in [2.24, 2.45) is 0 Å². The van der Waals surface area contributed by atoms with Crippen LogP contribution in [0.15, 0.2) is 0 Å². The summed E-state index contributed by atoms with van der Waals surface area (Å²) in [5.41, 5.74) is 0. The molecule has 0 saturated carbocycles. The first kappa shape index (κ1) is 17.2. The van der Waals surface area contributed by atoms with Crippen LogP contribution >= 0.6 is 0 Å². The molecule has 0 aliphatic heterocycles. The Hall–Kier alpha value is -0.160. The Balaban J connectivity index is 0. The minimum absolute atomic E-state index is 0.0370. The van der Waals surface area contributed by atoms with Crippen LogP contribution in [0.1, 0.15) is 41.0 Å². The van der Waals surface area contributed by atoms with Crippen molar-refractivity contribution in [1.82, 2.24) is 0 Å². The van der Waals surface area contributed by atoms with Crippen LogP contribution in [0.2, 0.25) is 0 Å². The average molecular weight is 222 g/mol. The van der Waals surface area contributed by atoms with Gasteiger partial charge in [0.05, 0.1) is 12.2 Å². The number of hydrogen-bond acceptors (Lipinski definition) is 4. The number of aliphatic hydroxyl groups is 2. The molecule has 0 saturated heterocycles. The molecule has 2 N–H and O–H groups in total. The summed E-state index contributed by atoms with van der Waals surface area (Å²) in [6.45, 7) is 10.6. The van der Waals surface area contributed by atoms with Gasteiger partial charge in [-0.3, -0.25) is 0 Å². The first-order valence-corrected chi connectivity index (χ1v) is 5.53. The number of ether oxygens (including phenoxy) is 2. The van der Waals surface area contributed by atoms with Crippen molar-refractivity contribution in [2.45, 2.75) is 59.5 Å². The van der Waals surface area contributed by atoms with E-state index in [1.807, 2.05) is 20.8 Å². The monoisotopic (exact) mass is 222 g/mol. The Kier molecular flexibility index (Phi) is 13.7. The van der Waals surface area contributed by atoms with E-state index in [2.05, 4.69) is 0 Å². The molecule has 0 aromatic carbocycles. The Bertz CT molecular complexity index is 103. The van der Waals surface area contributed by atoms with E-state index < -0.39 is 0 Å². The van der Waals surface area contributed by atoms with E-state index in [9.17, 15) is 0 Å². The lowest BCUT2D eigenvalue weighted by Gasteiger charge is -2.09. The van der Waals surface area contributed by atoms with Crippen molar-refractivity contribution in [3.63, 3.8) is 0 Å². The second kappa shape index (κ2) is 11.9. The molecule has 0 fully saturated rings. The molecular weight excluding hydrogens is 196 g/mol. The fourth-order valence-electron chi connectivity index (χ4n) is 1.01. The molecule has 0 heterocycles. The SMILES string of the molecule is CCOC(C)OCC.C[C@@H](O)C[C@@H](C)O. The van der Waals surface area contributed by atoms with Crippen molar-refractivity contribution >= 4 is 0 Å². The summed E-state index contributed by atoms with van der Waals surface area (Å²) in [6.07, 6.45) is -0.315. The molecule has 0 rings (SSSR count). The predicted molar refractivity (Wildman–Crippen MR) is 60.7 cm³/mol. The fourth-order valence-corrected chi connectivity index (χ4v) is 1.01. The third-order valence-electron chi connectivity index (χ3n) is 1.48. The van der Waals surface area contributed by atoms with Gasteiger partial charge in [-0.15, -0.1) is 0 Å². The van der Waals surface area contributed by atoms with Crippen molar-refractivity contribution in [1.29, 1.82) is 0 Å². The summed E-state index contributed by atoms with van der Waals surface area (Å²) >= 11 is 0. The zero-order valence-corrected chi connectivity index (χ0v) is 10.6. The largest absolute Gasteiger partial charge is 0.393 e. The molecule has 0 aromatic heterocycles. The van der Waals surface area contributed by atoms with Crippen LogP contribution < -0.4 is 0 Å². The molecule has 0 amide bonds. The lowest BCUT2D eigenvalue weighted by Crippen LogP contribution is -2.11. The molecule has 2 atom stereocenters. The molecule has 0 aromatic rings. The third kappa shape index (κ3) is 20.0. The molecule has 0 radical (unpaired) electrons. The van der Waals surface area contributed by atoms with E-state index in [-0.39, 0.29) is 18.5 Å². The molecule has 0 aliphatic rings. The van der Waals surface area contributed by atoms with Gasteiger partial charge < -0.3 is 19.7 Å². The first-order chi connectivity index (χ1) is 6.93. The van der Waals surface area contributed by atoms with E-state index in [4.69, 9.17) is 19.7 Å². The quantitative estimate of drug-likeness (QED) is 0.669. The third-order valence-corrected chi connectivity index (χ3v) is 1.48. The Morgan fingerprint density at radius 1 is 0.867 bits per heavy atom. The topological polar surface area (TPSA) is 58.9 Å². The van der Waals surface area contributed by atoms with Crippen LogP contribution in [-0.4, -0.2) is 41.9 Å². The second-order valence-corrected chi connectivity index (χ2v) is 3.41. The maximum absolute atomic E-state index is 8.56. The van der Waals surface area contributed by atoms with E-state index in [1.54, 1.807) is 13.8 Å². The van der Waals surface area contributed by atoms with Crippen LogP contribution in [0, 0.1) is 0 Å². The Labute approximate surface area is 93.2 Å². The number of hydrogen-bond donors (Lipinski definition) is 2. The van der Waals surface area contributed by atoms with Crippen LogP contribution in [0.4, 0.5) is 0 Å². The summed E-state index contributed by atoms with van der Waals surface area (Å²) in [6, 6.07) is 0. The molecule has 0 aliphatic carbocycles. The molecular formula is C11H26O4. The van der Waals surface area contributed by atoms with Crippen molar-refractivity contribution in [2.75, 3.05) is 13.2 Å². The lowest BCUT2D eigenvalue weighted by atomic mass is 10.2. The van der Waals surface area contributed by atoms with Crippen LogP contribution in [0.25, 0.3) is 0 Å². The van der Waals surface area contributed by atoms with Gasteiger partial charge in [0.25, 0.3) is 0 Å². The number of aliphatic hydroxyl groups excluding tert-OH is 2. The molecule has 4 nitrogen and oxygen atoms in total. The highest BCUT2D eigenvalue weighted by atomic mass is 16.7. The van der Waals surface area contributed by atoms with E-state index in [0.29, 0.717) is 6.42 Å². The average Bonchev–Trinajstić information content (AvgIpc) is 2.03. The van der Waals surface area contributed by atoms with Crippen LogP contribution in [-0.2, 0) is 9.47 Å². The summed E-state index contributed by atoms with van der Waals surface area (Å²) in [5, 5.41) is 17.1. The van der Waals surface area contributed by atoms with Gasteiger partial charge in [-0.25, -0.2) is 0 Å². The summed E-state index contributed by atoms with van der Waals surface area (Å²) < 4.78 is 10.1. The van der Waals surface area contributed by atoms with Crippen molar-refractivity contribution in [3.8, 4) is 0 Å². The Morgan fingerprint density at radius 3 is 1.33 bits per heavy atom. The standard InChI is InChI=1S/C6H14O2.C5H12O2/c1-4-7-6(3)8-5-2;1-4(6)3-5(2)7/h6H,4-5H2,1-3H3;4-7H,3H2,1-2H3/t;4-,5-/m.1/s1. The maximum Gasteiger partial charge on any atom is 0.154 e. The van der Waals surface area contributed by atoms with Gasteiger partial charge in [0.15, 0.2) is 6.29 Å². The van der Waals surface area contributed by atoms with Gasteiger partial charge in [0.2, 0.25) is 0 Å². The summed E-state index contributed by atoms with van der Waals surface area (Å²) in [5.74, 6) is 0. The van der Waals surface area contributed by atoms with E-state index >= 15 is 0 Å². The predicted octanol–water partition coefficient (Wildman–Crippen LogP) is 1.54. The smallest absolute Gasteiger partial charge is 0.154 e. The molecule has 4 heteroatoms. The highest BCUT2D eigenvalue weighted by Gasteiger charge is 1.98. The van der Waals surface area contributed by atoms with Crippen LogP contribution in [0.5, 0.6) is 0 Å². The van der Waals surface area contributed by atoms with Crippen molar-refractivity contribution in [3.05, 3.63) is 0 Å². The van der Waals surface area contributed by atoms with E-state index in [1.165, 1.54) is 0 Å². The van der Waals surface area contributed by atoms with Gasteiger partial charge in [0.1, 0.15) is 0 Å². The van der Waals surface area contributed by atoms with Gasteiger partial charge in [-0.05, 0) is 41.0 Å². The van der Waals surface area contributed by atoms with Gasteiger partial charge in [-0.2, -0.15) is 0 Å². The van der Waals surface area contributed by atoms with Gasteiger partial charge in [-0.1, -0.05) is 0 Å². The minimum atomic E-state index is -0.375. The summed E-state index contributed by atoms with van der Waals surface area (Å²) in [4.78, 5) is 0. The molecule has 0 bridgehead atoms. The fraction of sp³-hybridized carbons (Fsp3) is 1.00. The highest BCUT2D eigenvalue weighted by molar-refractivity contribution is 4.51. The molecule has 94 valence electrons. The minimum Gasteiger partial charge on any atom is -0.393 e. The maximum atomic E-state index is 8.56. The molecule has 0 spiro atoms. The van der Waals surface area contributed by atoms with Gasteiger partial charge >= 0.3 is 0 Å². The van der Waals surface area contributed by atoms with Crippen LogP contribution in [0.3, 0.4) is 0 Å². The second-order valence-electron chi connectivity index (χ2n) is 3.41. The molecule has 15 heavy (non-hydrogen) atoms. The zero-order valence-electron chi connectivity index (χ0n) is 10.6.